The number of morpholine rings is 1. The van der Waals surface area contributed by atoms with Gasteiger partial charge in [-0.25, -0.2) is 4.79 Å². The fourth-order valence-corrected chi connectivity index (χ4v) is 2.33. The Morgan fingerprint density at radius 2 is 2.00 bits per heavy atom. The maximum Gasteiger partial charge on any atom is 0.410 e. The average Bonchev–Trinajstić information content (AvgIpc) is 2.59. The summed E-state index contributed by atoms with van der Waals surface area (Å²) < 4.78 is 10.7. The molecular weight excluding hydrogens is 300 g/mol. The number of carbonyl (C=O) groups excluding carboxylic acids is 1. The lowest BCUT2D eigenvalue weighted by Gasteiger charge is -2.28. The van der Waals surface area contributed by atoms with Crippen LogP contribution in [0.4, 0.5) is 4.79 Å². The smallest absolute Gasteiger partial charge is 0.410 e. The molecule has 1 atom stereocenters. The van der Waals surface area contributed by atoms with Gasteiger partial charge in [-0.1, -0.05) is 13.8 Å². The molecule has 0 radical (unpaired) electrons. The van der Waals surface area contributed by atoms with Crippen molar-refractivity contribution in [1.29, 1.82) is 0 Å². The molecule has 0 spiro atoms. The molecule has 2 aliphatic heterocycles. The third-order valence-electron chi connectivity index (χ3n) is 3.10. The van der Waals surface area contributed by atoms with Crippen molar-refractivity contribution in [2.24, 2.45) is 5.92 Å². The third kappa shape index (κ3) is 4.40. The Morgan fingerprint density at radius 3 is 2.61 bits per heavy atom. The van der Waals surface area contributed by atoms with Crippen LogP contribution in [-0.4, -0.2) is 67.9 Å². The molecule has 0 N–H and O–H groups in total. The van der Waals surface area contributed by atoms with Crippen LogP contribution < -0.4 is 0 Å². The van der Waals surface area contributed by atoms with E-state index in [0.29, 0.717) is 5.92 Å². The minimum Gasteiger partial charge on any atom is -0.443 e. The molecule has 0 aromatic heterocycles. The van der Waals surface area contributed by atoms with Gasteiger partial charge < -0.3 is 14.4 Å². The number of hydrogen-bond donors (Lipinski definition) is 0. The zero-order chi connectivity index (χ0) is 12.3. The molecule has 106 valence electrons. The van der Waals surface area contributed by atoms with Gasteiger partial charge in [-0.2, -0.15) is 0 Å². The molecule has 0 aromatic rings. The third-order valence-corrected chi connectivity index (χ3v) is 3.10. The van der Waals surface area contributed by atoms with E-state index in [-0.39, 0.29) is 29.2 Å². The van der Waals surface area contributed by atoms with E-state index in [9.17, 15) is 4.79 Å². The maximum absolute atomic E-state index is 11.6. The number of ether oxygens (including phenoxy) is 2. The first-order valence-electron chi connectivity index (χ1n) is 6.41. The Morgan fingerprint density at radius 1 is 1.33 bits per heavy atom. The quantitative estimate of drug-likeness (QED) is 0.784. The minimum absolute atomic E-state index is 0. The number of rotatable bonds is 4. The summed E-state index contributed by atoms with van der Waals surface area (Å²) in [5, 5.41) is 0. The van der Waals surface area contributed by atoms with Crippen LogP contribution in [0.2, 0.25) is 0 Å². The first-order chi connectivity index (χ1) is 8.15. The number of amides is 1. The highest BCUT2D eigenvalue weighted by molar-refractivity contribution is 8.93. The van der Waals surface area contributed by atoms with Crippen molar-refractivity contribution in [3.63, 3.8) is 0 Å². The first-order valence-corrected chi connectivity index (χ1v) is 6.41. The predicted octanol–water partition coefficient (Wildman–Crippen LogP) is 1.37. The summed E-state index contributed by atoms with van der Waals surface area (Å²) in [4.78, 5) is 15.7. The average molecular weight is 323 g/mol. The molecule has 5 nitrogen and oxygen atoms in total. The summed E-state index contributed by atoms with van der Waals surface area (Å²) in [6, 6.07) is 0. The van der Waals surface area contributed by atoms with Gasteiger partial charge in [-0.05, 0) is 5.92 Å². The number of hydrogen-bond acceptors (Lipinski definition) is 4. The number of carbonyl (C=O) groups is 1. The number of nitrogens with zero attached hydrogens (tertiary/aromatic N) is 2. The summed E-state index contributed by atoms with van der Waals surface area (Å²) in [5.74, 6) is 0.490. The predicted molar refractivity (Wildman–Crippen MR) is 74.3 cm³/mol. The Bertz CT molecular complexity index is 270. The highest BCUT2D eigenvalue weighted by atomic mass is 79.9. The summed E-state index contributed by atoms with van der Waals surface area (Å²) in [6.45, 7) is 10.0. The van der Waals surface area contributed by atoms with Crippen LogP contribution >= 0.6 is 17.0 Å². The van der Waals surface area contributed by atoms with Crippen LogP contribution in [0.25, 0.3) is 0 Å². The molecule has 1 amide bonds. The molecule has 6 heteroatoms. The van der Waals surface area contributed by atoms with Crippen LogP contribution in [0.5, 0.6) is 0 Å². The van der Waals surface area contributed by atoms with E-state index < -0.39 is 0 Å². The number of cyclic esters (lactones) is 1. The van der Waals surface area contributed by atoms with Crippen molar-refractivity contribution in [1.82, 2.24) is 9.80 Å². The van der Waals surface area contributed by atoms with Gasteiger partial charge in [0.25, 0.3) is 0 Å². The van der Waals surface area contributed by atoms with E-state index in [4.69, 9.17) is 9.47 Å². The highest BCUT2D eigenvalue weighted by Gasteiger charge is 2.32. The molecule has 2 aliphatic rings. The SMILES string of the molecule is Br.CC(C)CN1CC(CN2CCOCC2)OC1=O. The lowest BCUT2D eigenvalue weighted by atomic mass is 10.2. The maximum atomic E-state index is 11.6. The molecule has 0 aliphatic carbocycles. The van der Waals surface area contributed by atoms with Crippen LogP contribution in [0.15, 0.2) is 0 Å². The van der Waals surface area contributed by atoms with Crippen molar-refractivity contribution in [2.75, 3.05) is 45.9 Å². The minimum atomic E-state index is -0.156. The monoisotopic (exact) mass is 322 g/mol. The molecule has 0 bridgehead atoms. The summed E-state index contributed by atoms with van der Waals surface area (Å²) in [6.07, 6.45) is -0.128. The van der Waals surface area contributed by atoms with Gasteiger partial charge in [0.2, 0.25) is 0 Å². The van der Waals surface area contributed by atoms with E-state index in [0.717, 1.165) is 45.9 Å². The summed E-state index contributed by atoms with van der Waals surface area (Å²) >= 11 is 0. The molecule has 2 rings (SSSR count). The van der Waals surface area contributed by atoms with Gasteiger partial charge in [-0.3, -0.25) is 4.90 Å². The molecule has 1 unspecified atom stereocenters. The Kier molecular flexibility index (Phi) is 6.38. The largest absolute Gasteiger partial charge is 0.443 e. The van der Waals surface area contributed by atoms with E-state index in [2.05, 4.69) is 18.7 Å². The van der Waals surface area contributed by atoms with Crippen LogP contribution in [0.3, 0.4) is 0 Å². The fraction of sp³-hybridized carbons (Fsp3) is 0.917. The first kappa shape index (κ1) is 15.7. The topological polar surface area (TPSA) is 42.0 Å². The van der Waals surface area contributed by atoms with Gasteiger partial charge >= 0.3 is 6.09 Å². The Labute approximate surface area is 119 Å². The zero-order valence-corrected chi connectivity index (χ0v) is 12.8. The second kappa shape index (κ2) is 7.31. The van der Waals surface area contributed by atoms with E-state index in [1.807, 2.05) is 4.90 Å². The summed E-state index contributed by atoms with van der Waals surface area (Å²) in [5.41, 5.74) is 0. The van der Waals surface area contributed by atoms with Crippen molar-refractivity contribution in [3.8, 4) is 0 Å². The van der Waals surface area contributed by atoms with Crippen molar-refractivity contribution < 1.29 is 14.3 Å². The molecule has 2 fully saturated rings. The van der Waals surface area contributed by atoms with Crippen molar-refractivity contribution in [3.05, 3.63) is 0 Å². The normalized spacial score (nSPS) is 25.2. The molecule has 2 saturated heterocycles. The van der Waals surface area contributed by atoms with Crippen LogP contribution in [0.1, 0.15) is 13.8 Å². The zero-order valence-electron chi connectivity index (χ0n) is 11.1. The standard InChI is InChI=1S/C12H22N2O3.BrH/c1-10(2)7-14-9-11(17-12(14)15)8-13-3-5-16-6-4-13;/h10-11H,3-9H2,1-2H3;1H. The Hall–Kier alpha value is -0.330. The molecular formula is C12H23BrN2O3. The van der Waals surface area contributed by atoms with Crippen LogP contribution in [-0.2, 0) is 9.47 Å². The second-order valence-electron chi connectivity index (χ2n) is 5.22. The molecule has 2 heterocycles. The molecule has 0 aromatic carbocycles. The van der Waals surface area contributed by atoms with Gasteiger partial charge in [0.15, 0.2) is 0 Å². The molecule has 18 heavy (non-hydrogen) atoms. The molecule has 0 saturated carbocycles. The van der Waals surface area contributed by atoms with Gasteiger partial charge in [0.1, 0.15) is 6.10 Å². The van der Waals surface area contributed by atoms with Gasteiger partial charge in [0, 0.05) is 26.2 Å². The van der Waals surface area contributed by atoms with E-state index in [1.54, 1.807) is 0 Å². The highest BCUT2D eigenvalue weighted by Crippen LogP contribution is 2.14. The summed E-state index contributed by atoms with van der Waals surface area (Å²) in [7, 11) is 0. The van der Waals surface area contributed by atoms with Gasteiger partial charge in [0.05, 0.1) is 19.8 Å². The lowest BCUT2D eigenvalue weighted by molar-refractivity contribution is 0.0188. The number of halogens is 1. The van der Waals surface area contributed by atoms with Gasteiger partial charge in [-0.15, -0.1) is 17.0 Å². The lowest BCUT2D eigenvalue weighted by Crippen LogP contribution is -2.42. The fourth-order valence-electron chi connectivity index (χ4n) is 2.33. The van der Waals surface area contributed by atoms with Crippen molar-refractivity contribution >= 4 is 23.1 Å². The van der Waals surface area contributed by atoms with Crippen LogP contribution in [0, 0.1) is 5.92 Å². The Balaban J connectivity index is 0.00000162. The van der Waals surface area contributed by atoms with E-state index in [1.165, 1.54) is 0 Å². The van der Waals surface area contributed by atoms with Crippen molar-refractivity contribution in [2.45, 2.75) is 20.0 Å². The van der Waals surface area contributed by atoms with E-state index >= 15 is 0 Å². The second-order valence-corrected chi connectivity index (χ2v) is 5.22.